The molecule has 0 atom stereocenters. The molecule has 0 spiro atoms. The quantitative estimate of drug-likeness (QED) is 0.480. The van der Waals surface area contributed by atoms with Crippen molar-refractivity contribution in [3.05, 3.63) is 46.9 Å². The molecule has 0 saturated heterocycles. The molecule has 1 aromatic carbocycles. The molecule has 0 aliphatic carbocycles. The highest BCUT2D eigenvalue weighted by Crippen LogP contribution is 2.15. The average molecular weight is 246 g/mol. The highest BCUT2D eigenvalue weighted by atomic mass is 32.2. The van der Waals surface area contributed by atoms with Gasteiger partial charge in [-0.15, -0.1) is 11.8 Å². The van der Waals surface area contributed by atoms with E-state index < -0.39 is 11.8 Å². The smallest absolute Gasteiger partial charge is 0.339 e. The molecule has 1 aliphatic rings. The first kappa shape index (κ1) is 11.7. The summed E-state index contributed by atoms with van der Waals surface area (Å²) < 4.78 is 0. The number of ketones is 1. The van der Waals surface area contributed by atoms with Crippen LogP contribution in [0.4, 0.5) is 0 Å². The molecule has 0 aromatic heterocycles. The molecule has 0 bridgehead atoms. The van der Waals surface area contributed by atoms with E-state index in [1.807, 2.05) is 29.7 Å². The molecule has 2 rings (SSSR count). The van der Waals surface area contributed by atoms with E-state index in [4.69, 9.17) is 5.11 Å². The molecule has 17 heavy (non-hydrogen) atoms. The predicted octanol–water partition coefficient (Wildman–Crippen LogP) is 0.532. The molecule has 0 fully saturated rings. The molecule has 0 unspecified atom stereocenters. The van der Waals surface area contributed by atoms with Crippen LogP contribution < -0.4 is 10.4 Å². The van der Waals surface area contributed by atoms with Gasteiger partial charge in [-0.1, -0.05) is 30.8 Å². The first-order valence-electron chi connectivity index (χ1n) is 4.98. The van der Waals surface area contributed by atoms with Gasteiger partial charge in [0, 0.05) is 11.3 Å². The fourth-order valence-corrected chi connectivity index (χ4v) is 2.56. The van der Waals surface area contributed by atoms with Crippen molar-refractivity contribution in [2.75, 3.05) is 5.75 Å². The lowest BCUT2D eigenvalue weighted by Crippen LogP contribution is -2.33. The van der Waals surface area contributed by atoms with E-state index in [0.29, 0.717) is 11.3 Å². The molecule has 3 nitrogen and oxygen atoms in total. The van der Waals surface area contributed by atoms with Gasteiger partial charge < -0.3 is 5.11 Å². The maximum absolute atomic E-state index is 12.0. The summed E-state index contributed by atoms with van der Waals surface area (Å²) in [7, 11) is 0. The van der Waals surface area contributed by atoms with E-state index in [1.54, 1.807) is 0 Å². The van der Waals surface area contributed by atoms with Gasteiger partial charge in [-0.2, -0.15) is 0 Å². The van der Waals surface area contributed by atoms with Gasteiger partial charge in [0.25, 0.3) is 0 Å². The highest BCUT2D eigenvalue weighted by molar-refractivity contribution is 8.07. The molecule has 0 saturated carbocycles. The third kappa shape index (κ3) is 2.17. The Morgan fingerprint density at radius 2 is 2.00 bits per heavy atom. The lowest BCUT2D eigenvalue weighted by atomic mass is 10.0. The molecule has 1 heterocycles. The first-order valence-corrected chi connectivity index (χ1v) is 6.03. The Labute approximate surface area is 102 Å². The van der Waals surface area contributed by atoms with E-state index in [-0.39, 0.29) is 5.57 Å². The monoisotopic (exact) mass is 246 g/mol. The third-order valence-electron chi connectivity index (χ3n) is 2.53. The van der Waals surface area contributed by atoms with E-state index in [2.05, 4.69) is 6.58 Å². The number of fused-ring (bicyclic) bond motifs is 1. The molecule has 1 aliphatic heterocycles. The molecule has 86 valence electrons. The Morgan fingerprint density at radius 3 is 2.71 bits per heavy atom. The van der Waals surface area contributed by atoms with E-state index >= 15 is 0 Å². The maximum atomic E-state index is 12.0. The number of carbonyl (C=O) groups is 2. The topological polar surface area (TPSA) is 54.4 Å². The Morgan fingerprint density at radius 1 is 1.29 bits per heavy atom. The van der Waals surface area contributed by atoms with E-state index in [0.717, 1.165) is 10.4 Å². The number of carbonyl (C=O) groups excluding carboxylic acids is 1. The number of aliphatic carboxylic acids is 1. The van der Waals surface area contributed by atoms with Gasteiger partial charge in [0.2, 0.25) is 0 Å². The van der Waals surface area contributed by atoms with Gasteiger partial charge in [-0.05, 0) is 15.8 Å². The Hall–Kier alpha value is -1.81. The van der Waals surface area contributed by atoms with Crippen LogP contribution in [0.5, 0.6) is 0 Å². The standard InChI is InChI=1S/C13H10O3S/c1-8(13(15)16)12(14)11-7-17-6-9-4-2-3-5-10(9)11/h2-6H,1,7H2,(H,15,16). The first-order chi connectivity index (χ1) is 8.11. The predicted molar refractivity (Wildman–Crippen MR) is 67.8 cm³/mol. The maximum Gasteiger partial charge on any atom is 0.339 e. The Kier molecular flexibility index (Phi) is 3.15. The lowest BCUT2D eigenvalue weighted by molar-refractivity contribution is -0.133. The number of carboxylic acids is 1. The van der Waals surface area contributed by atoms with E-state index in [1.165, 1.54) is 11.8 Å². The van der Waals surface area contributed by atoms with Crippen LogP contribution in [0, 0.1) is 0 Å². The molecule has 0 amide bonds. The van der Waals surface area contributed by atoms with Crippen LogP contribution in [0.3, 0.4) is 0 Å². The van der Waals surface area contributed by atoms with Crippen LogP contribution in [0.2, 0.25) is 0 Å². The third-order valence-corrected chi connectivity index (χ3v) is 3.41. The van der Waals surface area contributed by atoms with Crippen molar-refractivity contribution in [3.8, 4) is 0 Å². The number of benzene rings is 1. The van der Waals surface area contributed by atoms with Crippen molar-refractivity contribution < 1.29 is 14.7 Å². The number of carboxylic acid groups (broad SMARTS) is 1. The highest BCUT2D eigenvalue weighted by Gasteiger charge is 2.20. The zero-order valence-corrected chi connectivity index (χ0v) is 9.79. The van der Waals surface area contributed by atoms with Gasteiger partial charge in [-0.25, -0.2) is 4.79 Å². The summed E-state index contributed by atoms with van der Waals surface area (Å²) in [6.45, 7) is 3.31. The zero-order valence-electron chi connectivity index (χ0n) is 8.97. The van der Waals surface area contributed by atoms with Gasteiger partial charge >= 0.3 is 5.97 Å². The zero-order chi connectivity index (χ0) is 12.4. The summed E-state index contributed by atoms with van der Waals surface area (Å²) in [5.41, 5.74) is 0.137. The summed E-state index contributed by atoms with van der Waals surface area (Å²) in [4.78, 5) is 22.7. The summed E-state index contributed by atoms with van der Waals surface area (Å²) >= 11 is 1.49. The van der Waals surface area contributed by atoms with Crippen molar-refractivity contribution >= 4 is 34.5 Å². The number of rotatable bonds is 3. The minimum atomic E-state index is -1.26. The minimum absolute atomic E-state index is 0.377. The van der Waals surface area contributed by atoms with E-state index in [9.17, 15) is 9.59 Å². The number of hydrogen-bond acceptors (Lipinski definition) is 3. The Bertz CT molecular complexity index is 628. The van der Waals surface area contributed by atoms with Crippen molar-refractivity contribution in [2.24, 2.45) is 0 Å². The van der Waals surface area contributed by atoms with Crippen LogP contribution in [0.25, 0.3) is 11.0 Å². The largest absolute Gasteiger partial charge is 0.478 e. The molecular formula is C13H10O3S. The SMILES string of the molecule is C=C(C(=O)O)C(=O)C1=c2ccccc2=CSC1. The van der Waals surface area contributed by atoms with Crippen LogP contribution in [-0.2, 0) is 9.59 Å². The number of Topliss-reactive ketones (excluding diaryl/α,β-unsaturated/α-hetero) is 1. The van der Waals surface area contributed by atoms with Gasteiger partial charge in [0.15, 0.2) is 5.78 Å². The van der Waals surface area contributed by atoms with Crippen LogP contribution >= 0.6 is 11.8 Å². The normalized spacial score (nSPS) is 13.5. The summed E-state index contributed by atoms with van der Waals surface area (Å²) in [6, 6.07) is 7.45. The summed E-state index contributed by atoms with van der Waals surface area (Å²) in [6.07, 6.45) is 0. The van der Waals surface area contributed by atoms with Crippen LogP contribution in [-0.4, -0.2) is 22.6 Å². The summed E-state index contributed by atoms with van der Waals surface area (Å²) in [5.74, 6) is -1.26. The fraction of sp³-hybridized carbons (Fsp3) is 0.0769. The number of thioether (sulfide) groups is 1. The molecule has 1 N–H and O–H groups in total. The molecule has 0 radical (unpaired) electrons. The summed E-state index contributed by atoms with van der Waals surface area (Å²) in [5, 5.41) is 12.5. The van der Waals surface area contributed by atoms with Gasteiger partial charge in [0.1, 0.15) is 0 Å². The van der Waals surface area contributed by atoms with Crippen molar-refractivity contribution in [2.45, 2.75) is 0 Å². The second-order valence-electron chi connectivity index (χ2n) is 3.61. The lowest BCUT2D eigenvalue weighted by Gasteiger charge is -2.09. The van der Waals surface area contributed by atoms with Crippen LogP contribution in [0.1, 0.15) is 0 Å². The van der Waals surface area contributed by atoms with Gasteiger partial charge in [-0.3, -0.25) is 4.79 Å². The molecule has 1 aromatic rings. The Balaban J connectivity index is 2.61. The van der Waals surface area contributed by atoms with Crippen molar-refractivity contribution in [1.29, 1.82) is 0 Å². The average Bonchev–Trinajstić information content (AvgIpc) is 2.36. The minimum Gasteiger partial charge on any atom is -0.478 e. The van der Waals surface area contributed by atoms with Crippen LogP contribution in [0.15, 0.2) is 36.4 Å². The van der Waals surface area contributed by atoms with Crippen molar-refractivity contribution in [3.63, 3.8) is 0 Å². The molecule has 4 heteroatoms. The van der Waals surface area contributed by atoms with Gasteiger partial charge in [0.05, 0.1) is 5.57 Å². The second-order valence-corrected chi connectivity index (χ2v) is 4.47. The van der Waals surface area contributed by atoms with Crippen molar-refractivity contribution in [1.82, 2.24) is 0 Å². The second kappa shape index (κ2) is 4.59. The number of hydrogen-bond donors (Lipinski definition) is 1. The molecular weight excluding hydrogens is 236 g/mol. The fourth-order valence-electron chi connectivity index (χ4n) is 1.63.